The van der Waals surface area contributed by atoms with Gasteiger partial charge in [-0.3, -0.25) is 4.98 Å². The van der Waals surface area contributed by atoms with E-state index >= 15 is 0 Å². The number of aliphatic hydroxyl groups excluding tert-OH is 1. The molecule has 2 rings (SSSR count). The van der Waals surface area contributed by atoms with Crippen molar-refractivity contribution in [3.05, 3.63) is 65.0 Å². The number of hydrogen-bond acceptors (Lipinski definition) is 2. The van der Waals surface area contributed by atoms with Crippen molar-refractivity contribution in [3.8, 4) is 0 Å². The van der Waals surface area contributed by atoms with E-state index in [2.05, 4.69) is 4.98 Å². The third kappa shape index (κ3) is 2.93. The Balaban J connectivity index is 2.54. The zero-order valence-electron chi connectivity index (χ0n) is 9.83. The Labute approximate surface area is 110 Å². The quantitative estimate of drug-likeness (QED) is 0.859. The molecule has 0 saturated heterocycles. The first-order valence-electron chi connectivity index (χ1n) is 5.44. The van der Waals surface area contributed by atoms with Crippen LogP contribution in [0, 0.1) is 11.6 Å². The average molecular weight is 289 g/mol. The number of rotatable bonds is 2. The summed E-state index contributed by atoms with van der Waals surface area (Å²) in [5.74, 6) is -1.75. The lowest BCUT2D eigenvalue weighted by Gasteiger charge is -2.17. The highest BCUT2D eigenvalue weighted by atomic mass is 19.4. The van der Waals surface area contributed by atoms with Gasteiger partial charge in [0.05, 0.1) is 11.8 Å². The van der Waals surface area contributed by atoms with Crippen molar-refractivity contribution >= 4 is 0 Å². The fourth-order valence-corrected chi connectivity index (χ4v) is 1.78. The molecule has 106 valence electrons. The maximum absolute atomic E-state index is 13.1. The second-order valence-corrected chi connectivity index (χ2v) is 4.07. The molecule has 2 nitrogen and oxygen atoms in total. The predicted molar refractivity (Wildman–Crippen MR) is 59.7 cm³/mol. The smallest absolute Gasteiger partial charge is 0.384 e. The highest BCUT2D eigenvalue weighted by molar-refractivity contribution is 5.37. The summed E-state index contributed by atoms with van der Waals surface area (Å²) >= 11 is 0. The normalized spacial score (nSPS) is 13.3. The molecule has 0 aliphatic heterocycles. The van der Waals surface area contributed by atoms with Gasteiger partial charge in [0.2, 0.25) is 0 Å². The summed E-state index contributed by atoms with van der Waals surface area (Å²) in [6.07, 6.45) is -4.73. The van der Waals surface area contributed by atoms with E-state index in [1.54, 1.807) is 0 Å². The van der Waals surface area contributed by atoms with Crippen molar-refractivity contribution in [1.29, 1.82) is 0 Å². The van der Waals surface area contributed by atoms with Crippen LogP contribution in [0.25, 0.3) is 0 Å². The van der Waals surface area contributed by atoms with Crippen molar-refractivity contribution in [2.45, 2.75) is 12.3 Å². The monoisotopic (exact) mass is 289 g/mol. The van der Waals surface area contributed by atoms with Crippen LogP contribution < -0.4 is 0 Å². The van der Waals surface area contributed by atoms with Gasteiger partial charge in [0.15, 0.2) is 0 Å². The molecule has 0 bridgehead atoms. The number of benzene rings is 1. The Hall–Kier alpha value is -2.02. The molecule has 1 heterocycles. The molecule has 0 spiro atoms. The highest BCUT2D eigenvalue weighted by Crippen LogP contribution is 2.36. The Morgan fingerprint density at radius 1 is 1.00 bits per heavy atom. The first kappa shape index (κ1) is 14.4. The van der Waals surface area contributed by atoms with E-state index in [0.717, 1.165) is 18.5 Å². The summed E-state index contributed by atoms with van der Waals surface area (Å²) in [6.45, 7) is 0. The summed E-state index contributed by atoms with van der Waals surface area (Å²) in [6, 6.07) is 2.57. The zero-order valence-corrected chi connectivity index (χ0v) is 9.83. The summed E-state index contributed by atoms with van der Waals surface area (Å²) in [5, 5.41) is 9.91. The van der Waals surface area contributed by atoms with Crippen LogP contribution in [-0.2, 0) is 6.18 Å². The molecular formula is C13H8F5NO. The minimum Gasteiger partial charge on any atom is -0.384 e. The predicted octanol–water partition coefficient (Wildman–Crippen LogP) is 3.46. The molecule has 20 heavy (non-hydrogen) atoms. The molecule has 0 fully saturated rings. The van der Waals surface area contributed by atoms with Gasteiger partial charge in [-0.15, -0.1) is 0 Å². The maximum atomic E-state index is 13.1. The first-order chi connectivity index (χ1) is 9.29. The van der Waals surface area contributed by atoms with Gasteiger partial charge in [-0.25, -0.2) is 8.78 Å². The summed E-state index contributed by atoms with van der Waals surface area (Å²) < 4.78 is 64.5. The van der Waals surface area contributed by atoms with Gasteiger partial charge in [0.25, 0.3) is 0 Å². The molecule has 0 aliphatic carbocycles. The van der Waals surface area contributed by atoms with E-state index in [4.69, 9.17) is 0 Å². The minimum atomic E-state index is -4.76. The van der Waals surface area contributed by atoms with Crippen LogP contribution in [-0.4, -0.2) is 10.1 Å². The largest absolute Gasteiger partial charge is 0.416 e. The van der Waals surface area contributed by atoms with E-state index in [-0.39, 0.29) is 5.56 Å². The molecular weight excluding hydrogens is 281 g/mol. The molecule has 1 N–H and O–H groups in total. The Morgan fingerprint density at radius 2 is 1.70 bits per heavy atom. The fourth-order valence-electron chi connectivity index (χ4n) is 1.78. The molecule has 0 aliphatic rings. The number of nitrogens with zero attached hydrogens (tertiary/aromatic N) is 1. The summed E-state index contributed by atoms with van der Waals surface area (Å²) in [5.41, 5.74) is -2.07. The Kier molecular flexibility index (Phi) is 3.71. The number of halogens is 5. The molecule has 0 amide bonds. The summed E-state index contributed by atoms with van der Waals surface area (Å²) in [7, 11) is 0. The van der Waals surface area contributed by atoms with Gasteiger partial charge in [0.1, 0.15) is 17.7 Å². The number of pyridine rings is 1. The van der Waals surface area contributed by atoms with Crippen molar-refractivity contribution in [1.82, 2.24) is 4.98 Å². The molecule has 1 atom stereocenters. The third-order valence-corrected chi connectivity index (χ3v) is 2.66. The number of hydrogen-bond donors (Lipinski definition) is 1. The molecule has 0 saturated carbocycles. The lowest BCUT2D eigenvalue weighted by atomic mass is 9.97. The third-order valence-electron chi connectivity index (χ3n) is 2.66. The Bertz CT molecular complexity index is 626. The molecule has 0 radical (unpaired) electrons. The molecule has 2 aromatic rings. The SMILES string of the molecule is OC(c1cncc(F)c1)c1cc(F)ccc1C(F)(F)F. The van der Waals surface area contributed by atoms with E-state index in [1.165, 1.54) is 0 Å². The second-order valence-electron chi connectivity index (χ2n) is 4.07. The fraction of sp³-hybridized carbons (Fsp3) is 0.154. The van der Waals surface area contributed by atoms with Gasteiger partial charge < -0.3 is 5.11 Å². The van der Waals surface area contributed by atoms with Crippen LogP contribution in [0.5, 0.6) is 0 Å². The molecule has 1 aromatic heterocycles. The van der Waals surface area contributed by atoms with E-state index in [1.807, 2.05) is 0 Å². The summed E-state index contributed by atoms with van der Waals surface area (Å²) in [4.78, 5) is 3.44. The zero-order chi connectivity index (χ0) is 14.9. The molecule has 7 heteroatoms. The highest BCUT2D eigenvalue weighted by Gasteiger charge is 2.35. The van der Waals surface area contributed by atoms with Crippen LogP contribution in [0.3, 0.4) is 0 Å². The minimum absolute atomic E-state index is 0.193. The van der Waals surface area contributed by atoms with Crippen LogP contribution in [0.15, 0.2) is 36.7 Å². The first-order valence-corrected chi connectivity index (χ1v) is 5.44. The van der Waals surface area contributed by atoms with Crippen LogP contribution in [0.1, 0.15) is 22.8 Å². The van der Waals surface area contributed by atoms with Gasteiger partial charge in [0, 0.05) is 17.3 Å². The van der Waals surface area contributed by atoms with Gasteiger partial charge in [-0.1, -0.05) is 0 Å². The van der Waals surface area contributed by atoms with Crippen molar-refractivity contribution in [3.63, 3.8) is 0 Å². The van der Waals surface area contributed by atoms with Crippen LogP contribution in [0.2, 0.25) is 0 Å². The topological polar surface area (TPSA) is 33.1 Å². The standard InChI is InChI=1S/C13H8F5NO/c14-8-1-2-11(13(16,17)18)10(4-8)12(20)7-3-9(15)6-19-5-7/h1-6,12,20H. The van der Waals surface area contributed by atoms with Crippen molar-refractivity contribution in [2.75, 3.05) is 0 Å². The van der Waals surface area contributed by atoms with Crippen LogP contribution >= 0.6 is 0 Å². The maximum Gasteiger partial charge on any atom is 0.416 e. The number of aliphatic hydroxyl groups is 1. The van der Waals surface area contributed by atoms with Gasteiger partial charge in [-0.05, 0) is 24.3 Å². The Morgan fingerprint density at radius 3 is 2.30 bits per heavy atom. The number of aromatic nitrogens is 1. The number of alkyl halides is 3. The van der Waals surface area contributed by atoms with Crippen LogP contribution in [0.4, 0.5) is 22.0 Å². The van der Waals surface area contributed by atoms with Gasteiger partial charge in [-0.2, -0.15) is 13.2 Å². The average Bonchev–Trinajstić information content (AvgIpc) is 2.36. The van der Waals surface area contributed by atoms with E-state index in [9.17, 15) is 27.1 Å². The van der Waals surface area contributed by atoms with E-state index < -0.39 is 35.0 Å². The lowest BCUT2D eigenvalue weighted by molar-refractivity contribution is -0.139. The second kappa shape index (κ2) is 5.16. The van der Waals surface area contributed by atoms with Crippen molar-refractivity contribution in [2.24, 2.45) is 0 Å². The van der Waals surface area contributed by atoms with Crippen molar-refractivity contribution < 1.29 is 27.1 Å². The lowest BCUT2D eigenvalue weighted by Crippen LogP contribution is -2.13. The van der Waals surface area contributed by atoms with E-state index in [0.29, 0.717) is 18.2 Å². The molecule has 1 unspecified atom stereocenters. The molecule has 1 aromatic carbocycles. The van der Waals surface area contributed by atoms with Gasteiger partial charge >= 0.3 is 6.18 Å².